The zero-order valence-electron chi connectivity index (χ0n) is 12.0. The van der Waals surface area contributed by atoms with E-state index < -0.39 is 5.97 Å². The van der Waals surface area contributed by atoms with Gasteiger partial charge in [-0.2, -0.15) is 5.26 Å². The van der Waals surface area contributed by atoms with E-state index in [1.165, 1.54) is 0 Å². The quantitative estimate of drug-likeness (QED) is 0.889. The molecule has 0 aliphatic carbocycles. The van der Waals surface area contributed by atoms with E-state index in [9.17, 15) is 4.79 Å². The number of rotatable bonds is 6. The Kier molecular flexibility index (Phi) is 7.11. The SMILES string of the molecule is Cl.N#Cc1ccccc1CN(CC(=O)O)Cc1ccccc1. The molecular weight excluding hydrogens is 300 g/mol. The predicted molar refractivity (Wildman–Crippen MR) is 86.6 cm³/mol. The Morgan fingerprint density at radius 3 is 2.32 bits per heavy atom. The van der Waals surface area contributed by atoms with Gasteiger partial charge < -0.3 is 5.11 Å². The van der Waals surface area contributed by atoms with Crippen molar-refractivity contribution in [2.24, 2.45) is 0 Å². The second-order valence-electron chi connectivity index (χ2n) is 4.79. The van der Waals surface area contributed by atoms with Gasteiger partial charge in [0.25, 0.3) is 0 Å². The van der Waals surface area contributed by atoms with Crippen LogP contribution in [0.5, 0.6) is 0 Å². The molecule has 0 spiro atoms. The third-order valence-corrected chi connectivity index (χ3v) is 3.14. The third kappa shape index (κ3) is 5.21. The van der Waals surface area contributed by atoms with Crippen molar-refractivity contribution in [2.45, 2.75) is 13.1 Å². The summed E-state index contributed by atoms with van der Waals surface area (Å²) >= 11 is 0. The summed E-state index contributed by atoms with van der Waals surface area (Å²) in [7, 11) is 0. The van der Waals surface area contributed by atoms with Crippen molar-refractivity contribution in [3.63, 3.8) is 0 Å². The molecule has 22 heavy (non-hydrogen) atoms. The van der Waals surface area contributed by atoms with E-state index in [1.807, 2.05) is 47.4 Å². The van der Waals surface area contributed by atoms with Crippen molar-refractivity contribution in [2.75, 3.05) is 6.54 Å². The smallest absolute Gasteiger partial charge is 0.317 e. The Labute approximate surface area is 136 Å². The number of benzene rings is 2. The number of carboxylic acids is 1. The Morgan fingerprint density at radius 1 is 1.05 bits per heavy atom. The zero-order valence-corrected chi connectivity index (χ0v) is 12.8. The van der Waals surface area contributed by atoms with Gasteiger partial charge in [-0.05, 0) is 17.2 Å². The lowest BCUT2D eigenvalue weighted by Gasteiger charge is -2.21. The largest absolute Gasteiger partial charge is 0.480 e. The van der Waals surface area contributed by atoms with E-state index in [0.717, 1.165) is 11.1 Å². The molecule has 0 aromatic heterocycles. The lowest BCUT2D eigenvalue weighted by molar-refractivity contribution is -0.138. The summed E-state index contributed by atoms with van der Waals surface area (Å²) in [6, 6.07) is 19.1. The van der Waals surface area contributed by atoms with Crippen molar-refractivity contribution < 1.29 is 9.90 Å². The van der Waals surface area contributed by atoms with Crippen molar-refractivity contribution in [3.05, 3.63) is 71.3 Å². The van der Waals surface area contributed by atoms with Gasteiger partial charge in [-0.3, -0.25) is 9.69 Å². The summed E-state index contributed by atoms with van der Waals surface area (Å²) in [4.78, 5) is 12.9. The fourth-order valence-electron chi connectivity index (χ4n) is 2.21. The third-order valence-electron chi connectivity index (χ3n) is 3.14. The molecule has 4 nitrogen and oxygen atoms in total. The second kappa shape index (κ2) is 8.83. The van der Waals surface area contributed by atoms with Crippen LogP contribution in [-0.4, -0.2) is 22.5 Å². The molecule has 0 amide bonds. The maximum Gasteiger partial charge on any atom is 0.317 e. The van der Waals surface area contributed by atoms with Crippen molar-refractivity contribution in [3.8, 4) is 6.07 Å². The van der Waals surface area contributed by atoms with Crippen LogP contribution in [0, 0.1) is 11.3 Å². The first-order valence-electron chi connectivity index (χ1n) is 6.65. The van der Waals surface area contributed by atoms with Crippen LogP contribution in [0.1, 0.15) is 16.7 Å². The van der Waals surface area contributed by atoms with Gasteiger partial charge in [0.1, 0.15) is 0 Å². The summed E-state index contributed by atoms with van der Waals surface area (Å²) in [5, 5.41) is 18.2. The molecule has 2 aromatic carbocycles. The number of aliphatic carboxylic acids is 1. The highest BCUT2D eigenvalue weighted by atomic mass is 35.5. The first-order valence-corrected chi connectivity index (χ1v) is 6.65. The number of nitrogens with zero attached hydrogens (tertiary/aromatic N) is 2. The lowest BCUT2D eigenvalue weighted by Crippen LogP contribution is -2.29. The van der Waals surface area contributed by atoms with Crippen LogP contribution >= 0.6 is 12.4 Å². The number of hydrogen-bond acceptors (Lipinski definition) is 3. The first-order chi connectivity index (χ1) is 10.2. The summed E-state index contributed by atoms with van der Waals surface area (Å²) in [6.07, 6.45) is 0. The van der Waals surface area contributed by atoms with Gasteiger partial charge in [0.15, 0.2) is 0 Å². The molecule has 0 saturated heterocycles. The molecule has 0 heterocycles. The van der Waals surface area contributed by atoms with Crippen LogP contribution in [0.3, 0.4) is 0 Å². The molecule has 1 N–H and O–H groups in total. The Bertz CT molecular complexity index is 653. The van der Waals surface area contributed by atoms with Crippen LogP contribution in [0.15, 0.2) is 54.6 Å². The molecule has 2 aromatic rings. The highest BCUT2D eigenvalue weighted by Crippen LogP contribution is 2.13. The van der Waals surface area contributed by atoms with Gasteiger partial charge in [0.2, 0.25) is 0 Å². The summed E-state index contributed by atoms with van der Waals surface area (Å²) < 4.78 is 0. The highest BCUT2D eigenvalue weighted by Gasteiger charge is 2.13. The predicted octanol–water partition coefficient (Wildman–Crippen LogP) is 3.07. The minimum absolute atomic E-state index is 0. The minimum Gasteiger partial charge on any atom is -0.480 e. The topological polar surface area (TPSA) is 64.3 Å². The van der Waals surface area contributed by atoms with Crippen LogP contribution < -0.4 is 0 Å². The number of hydrogen-bond donors (Lipinski definition) is 1. The van der Waals surface area contributed by atoms with Crippen molar-refractivity contribution >= 4 is 18.4 Å². The van der Waals surface area contributed by atoms with Gasteiger partial charge in [0.05, 0.1) is 18.2 Å². The number of carboxylic acid groups (broad SMARTS) is 1. The fraction of sp³-hybridized carbons (Fsp3) is 0.176. The summed E-state index contributed by atoms with van der Waals surface area (Å²) in [5.74, 6) is -0.875. The zero-order chi connectivity index (χ0) is 15.1. The van der Waals surface area contributed by atoms with E-state index in [0.29, 0.717) is 18.7 Å². The minimum atomic E-state index is -0.875. The van der Waals surface area contributed by atoms with E-state index in [1.54, 1.807) is 12.1 Å². The van der Waals surface area contributed by atoms with Crippen molar-refractivity contribution in [1.29, 1.82) is 5.26 Å². The fourth-order valence-corrected chi connectivity index (χ4v) is 2.21. The van der Waals surface area contributed by atoms with Crippen molar-refractivity contribution in [1.82, 2.24) is 4.90 Å². The molecule has 0 aliphatic heterocycles. The summed E-state index contributed by atoms with van der Waals surface area (Å²) in [6.45, 7) is 0.909. The first kappa shape index (κ1) is 17.7. The average molecular weight is 317 g/mol. The van der Waals surface area contributed by atoms with E-state index in [-0.39, 0.29) is 19.0 Å². The van der Waals surface area contributed by atoms with Gasteiger partial charge in [-0.1, -0.05) is 48.5 Å². The van der Waals surface area contributed by atoms with Crippen LogP contribution in [0.2, 0.25) is 0 Å². The molecule has 0 unspecified atom stereocenters. The molecule has 0 aliphatic rings. The molecular formula is C17H17ClN2O2. The van der Waals surface area contributed by atoms with Crippen LogP contribution in [0.4, 0.5) is 0 Å². The number of carbonyl (C=O) groups is 1. The molecule has 0 fully saturated rings. The van der Waals surface area contributed by atoms with E-state index in [4.69, 9.17) is 10.4 Å². The highest BCUT2D eigenvalue weighted by molar-refractivity contribution is 5.85. The van der Waals surface area contributed by atoms with Gasteiger partial charge >= 0.3 is 5.97 Å². The van der Waals surface area contributed by atoms with E-state index in [2.05, 4.69) is 6.07 Å². The van der Waals surface area contributed by atoms with Gasteiger partial charge in [-0.15, -0.1) is 12.4 Å². The Morgan fingerprint density at radius 2 is 1.68 bits per heavy atom. The Hall–Kier alpha value is -2.35. The monoisotopic (exact) mass is 316 g/mol. The number of halogens is 1. The maximum atomic E-state index is 11.0. The molecule has 0 bridgehead atoms. The molecule has 0 radical (unpaired) electrons. The van der Waals surface area contributed by atoms with Crippen LogP contribution in [0.25, 0.3) is 0 Å². The normalized spacial score (nSPS) is 9.82. The molecule has 5 heteroatoms. The van der Waals surface area contributed by atoms with E-state index >= 15 is 0 Å². The summed E-state index contributed by atoms with van der Waals surface area (Å²) in [5.41, 5.74) is 2.48. The molecule has 114 valence electrons. The molecule has 2 rings (SSSR count). The van der Waals surface area contributed by atoms with Crippen LogP contribution in [-0.2, 0) is 17.9 Å². The second-order valence-corrected chi connectivity index (χ2v) is 4.79. The maximum absolute atomic E-state index is 11.0. The standard InChI is InChI=1S/C17H16N2O2.ClH/c18-10-15-8-4-5-9-16(15)12-19(13-17(20)21)11-14-6-2-1-3-7-14;/h1-9H,11-13H2,(H,20,21);1H. The number of nitriles is 1. The van der Waals surface area contributed by atoms with Gasteiger partial charge in [-0.25, -0.2) is 0 Å². The lowest BCUT2D eigenvalue weighted by atomic mass is 10.1. The molecule has 0 atom stereocenters. The molecule has 0 saturated carbocycles. The average Bonchev–Trinajstić information content (AvgIpc) is 2.48. The van der Waals surface area contributed by atoms with Gasteiger partial charge in [0, 0.05) is 13.1 Å². The Balaban J connectivity index is 0.00000242.